The van der Waals surface area contributed by atoms with Crippen molar-refractivity contribution in [3.05, 3.63) is 11.8 Å². The summed E-state index contributed by atoms with van der Waals surface area (Å²) in [5.41, 5.74) is 0.674. The molecule has 11 heavy (non-hydrogen) atoms. The summed E-state index contributed by atoms with van der Waals surface area (Å²) in [6.45, 7) is 2.08. The van der Waals surface area contributed by atoms with Crippen molar-refractivity contribution in [2.75, 3.05) is 6.61 Å². The fourth-order valence-electron chi connectivity index (χ4n) is 0.662. The molecule has 0 aromatic carbocycles. The van der Waals surface area contributed by atoms with Gasteiger partial charge >= 0.3 is 5.97 Å². The Morgan fingerprint density at radius 3 is 3.09 bits per heavy atom. The molecular formula is C6H8BNO3. The lowest BCUT2D eigenvalue weighted by molar-refractivity contribution is 0.0480. The standard InChI is InChI=1S/C6H8BNO3/c1-2-10-6(9)4-3-5(7)8-11-4/h3H,2,7H2,1H3. The van der Waals surface area contributed by atoms with Crippen LogP contribution in [0.25, 0.3) is 0 Å². The summed E-state index contributed by atoms with van der Waals surface area (Å²) in [6, 6.07) is 1.54. The Hall–Kier alpha value is -1.26. The third-order valence-electron chi connectivity index (χ3n) is 1.10. The lowest BCUT2D eigenvalue weighted by Crippen LogP contribution is -2.04. The van der Waals surface area contributed by atoms with E-state index in [0.717, 1.165) is 0 Å². The second kappa shape index (κ2) is 3.23. The maximum atomic E-state index is 10.9. The molecule has 58 valence electrons. The molecule has 1 heterocycles. The van der Waals surface area contributed by atoms with E-state index in [4.69, 9.17) is 0 Å². The molecule has 0 aliphatic rings. The van der Waals surface area contributed by atoms with Crippen molar-refractivity contribution in [3.63, 3.8) is 0 Å². The van der Waals surface area contributed by atoms with Crippen LogP contribution in [-0.2, 0) is 4.74 Å². The Bertz CT molecular complexity index is 258. The van der Waals surface area contributed by atoms with Gasteiger partial charge in [0.05, 0.1) is 6.61 Å². The third-order valence-corrected chi connectivity index (χ3v) is 1.10. The Morgan fingerprint density at radius 1 is 1.91 bits per heavy atom. The maximum Gasteiger partial charge on any atom is 0.377 e. The molecule has 1 rings (SSSR count). The van der Waals surface area contributed by atoms with Crippen molar-refractivity contribution in [1.29, 1.82) is 0 Å². The van der Waals surface area contributed by atoms with Gasteiger partial charge in [0.1, 0.15) is 0 Å². The molecule has 0 atom stereocenters. The highest BCUT2D eigenvalue weighted by atomic mass is 16.6. The van der Waals surface area contributed by atoms with Crippen LogP contribution in [0.1, 0.15) is 17.5 Å². The summed E-state index contributed by atoms with van der Waals surface area (Å²) < 4.78 is 9.32. The molecule has 0 aliphatic carbocycles. The summed E-state index contributed by atoms with van der Waals surface area (Å²) in [5, 5.41) is 3.54. The zero-order valence-electron chi connectivity index (χ0n) is 6.46. The van der Waals surface area contributed by atoms with Crippen LogP contribution in [0.2, 0.25) is 0 Å². The summed E-state index contributed by atoms with van der Waals surface area (Å²) in [6.07, 6.45) is 0. The minimum Gasteiger partial charge on any atom is -0.460 e. The van der Waals surface area contributed by atoms with Crippen LogP contribution in [0.3, 0.4) is 0 Å². The Kier molecular flexibility index (Phi) is 2.30. The third kappa shape index (κ3) is 1.83. The van der Waals surface area contributed by atoms with Gasteiger partial charge in [0, 0.05) is 11.7 Å². The normalized spacial score (nSPS) is 9.55. The fraction of sp³-hybridized carbons (Fsp3) is 0.333. The van der Waals surface area contributed by atoms with Gasteiger partial charge in [0.2, 0.25) is 5.76 Å². The molecule has 0 fully saturated rings. The molecule has 4 nitrogen and oxygen atoms in total. The van der Waals surface area contributed by atoms with Crippen molar-refractivity contribution in [2.24, 2.45) is 0 Å². The van der Waals surface area contributed by atoms with Gasteiger partial charge in [0.25, 0.3) is 0 Å². The van der Waals surface area contributed by atoms with Crippen LogP contribution >= 0.6 is 0 Å². The van der Waals surface area contributed by atoms with Gasteiger partial charge < -0.3 is 9.26 Å². The summed E-state index contributed by atoms with van der Waals surface area (Å²) >= 11 is 0. The Morgan fingerprint density at radius 2 is 2.64 bits per heavy atom. The second-order valence-corrected chi connectivity index (χ2v) is 2.05. The topological polar surface area (TPSA) is 52.3 Å². The van der Waals surface area contributed by atoms with E-state index in [1.165, 1.54) is 6.07 Å². The van der Waals surface area contributed by atoms with Gasteiger partial charge in [-0.1, -0.05) is 5.16 Å². The first-order chi connectivity index (χ1) is 5.24. The van der Waals surface area contributed by atoms with Crippen LogP contribution in [0.4, 0.5) is 0 Å². The molecule has 0 bridgehead atoms. The van der Waals surface area contributed by atoms with Gasteiger partial charge in [-0.2, -0.15) is 0 Å². The van der Waals surface area contributed by atoms with Gasteiger partial charge in [-0.25, -0.2) is 4.79 Å². The minimum atomic E-state index is -0.465. The largest absolute Gasteiger partial charge is 0.460 e. The molecule has 5 heteroatoms. The maximum absolute atomic E-state index is 10.9. The zero-order valence-corrected chi connectivity index (χ0v) is 6.46. The smallest absolute Gasteiger partial charge is 0.377 e. The van der Waals surface area contributed by atoms with E-state index < -0.39 is 5.97 Å². The zero-order chi connectivity index (χ0) is 8.27. The molecule has 0 saturated heterocycles. The van der Waals surface area contributed by atoms with Gasteiger partial charge in [-0.15, -0.1) is 0 Å². The number of hydrogen-bond donors (Lipinski definition) is 0. The average Bonchev–Trinajstić information content (AvgIpc) is 2.36. The summed E-state index contributed by atoms with van der Waals surface area (Å²) in [7, 11) is 1.74. The van der Waals surface area contributed by atoms with E-state index in [1.807, 2.05) is 0 Å². The number of nitrogens with zero attached hydrogens (tertiary/aromatic N) is 1. The SMILES string of the molecule is Bc1cc(C(=O)OCC)on1. The van der Waals surface area contributed by atoms with Crippen molar-refractivity contribution >= 4 is 19.4 Å². The van der Waals surface area contributed by atoms with Gasteiger partial charge in [0.15, 0.2) is 7.85 Å². The fourth-order valence-corrected chi connectivity index (χ4v) is 0.662. The first-order valence-corrected chi connectivity index (χ1v) is 3.34. The van der Waals surface area contributed by atoms with E-state index >= 15 is 0 Å². The van der Waals surface area contributed by atoms with Gasteiger partial charge in [-0.05, 0) is 6.92 Å². The molecule has 0 amide bonds. The number of esters is 1. The van der Waals surface area contributed by atoms with Crippen LogP contribution < -0.4 is 5.59 Å². The van der Waals surface area contributed by atoms with E-state index in [0.29, 0.717) is 12.2 Å². The monoisotopic (exact) mass is 153 g/mol. The van der Waals surface area contributed by atoms with Crippen LogP contribution in [0.5, 0.6) is 0 Å². The highest BCUT2D eigenvalue weighted by Crippen LogP contribution is 1.96. The number of aromatic nitrogens is 1. The molecule has 1 aromatic heterocycles. The van der Waals surface area contributed by atoms with Crippen molar-refractivity contribution in [2.45, 2.75) is 6.92 Å². The highest BCUT2D eigenvalue weighted by molar-refractivity contribution is 6.30. The van der Waals surface area contributed by atoms with E-state index in [9.17, 15) is 4.79 Å². The van der Waals surface area contributed by atoms with Crippen LogP contribution in [0, 0.1) is 0 Å². The highest BCUT2D eigenvalue weighted by Gasteiger charge is 2.11. The number of ether oxygens (including phenoxy) is 1. The predicted octanol–water partition coefficient (Wildman–Crippen LogP) is -0.890. The molecular weight excluding hydrogens is 145 g/mol. The van der Waals surface area contributed by atoms with Crippen molar-refractivity contribution in [3.8, 4) is 0 Å². The van der Waals surface area contributed by atoms with Crippen molar-refractivity contribution in [1.82, 2.24) is 5.16 Å². The predicted molar refractivity (Wildman–Crippen MR) is 40.6 cm³/mol. The number of hydrogen-bond acceptors (Lipinski definition) is 4. The first kappa shape index (κ1) is 7.85. The molecule has 0 radical (unpaired) electrons. The molecule has 0 N–H and O–H groups in total. The number of carbonyl (C=O) groups is 1. The summed E-state index contributed by atoms with van der Waals surface area (Å²) in [4.78, 5) is 10.9. The van der Waals surface area contributed by atoms with E-state index in [2.05, 4.69) is 14.4 Å². The Labute approximate surface area is 64.9 Å². The van der Waals surface area contributed by atoms with Crippen molar-refractivity contribution < 1.29 is 14.1 Å². The van der Waals surface area contributed by atoms with E-state index in [1.54, 1.807) is 14.8 Å². The lowest BCUT2D eigenvalue weighted by Gasteiger charge is -1.94. The van der Waals surface area contributed by atoms with E-state index in [-0.39, 0.29) is 5.76 Å². The average molecular weight is 153 g/mol. The Balaban J connectivity index is 2.69. The molecule has 0 spiro atoms. The molecule has 0 unspecified atom stereocenters. The quantitative estimate of drug-likeness (QED) is 0.408. The van der Waals surface area contributed by atoms with Crippen LogP contribution in [0.15, 0.2) is 10.6 Å². The molecule has 1 aromatic rings. The van der Waals surface area contributed by atoms with Gasteiger partial charge in [-0.3, -0.25) is 0 Å². The molecule has 0 saturated carbocycles. The molecule has 0 aliphatic heterocycles. The minimum absolute atomic E-state index is 0.157. The van der Waals surface area contributed by atoms with Crippen LogP contribution in [-0.4, -0.2) is 25.6 Å². The second-order valence-electron chi connectivity index (χ2n) is 2.05. The number of rotatable bonds is 2. The number of carbonyl (C=O) groups excluding carboxylic acids is 1. The lowest BCUT2D eigenvalue weighted by atomic mass is 10.1. The summed E-state index contributed by atoms with van der Waals surface area (Å²) in [5.74, 6) is -0.308. The first-order valence-electron chi connectivity index (χ1n) is 3.34.